The predicted octanol–water partition coefficient (Wildman–Crippen LogP) is 4.85. The highest BCUT2D eigenvalue weighted by atomic mass is 16.3. The summed E-state index contributed by atoms with van der Waals surface area (Å²) in [5, 5.41) is 0.972. The number of furan rings is 1. The Balaban J connectivity index is 1.23. The van der Waals surface area contributed by atoms with E-state index in [9.17, 15) is 4.79 Å². The number of rotatable bonds is 4. The third-order valence-corrected chi connectivity index (χ3v) is 5.74. The lowest BCUT2D eigenvalue weighted by Gasteiger charge is -2.31. The van der Waals surface area contributed by atoms with Gasteiger partial charge in [-0.2, -0.15) is 0 Å². The van der Waals surface area contributed by atoms with Gasteiger partial charge in [0.25, 0.3) is 5.91 Å². The Morgan fingerprint density at radius 3 is 2.59 bits per heavy atom. The van der Waals surface area contributed by atoms with Crippen molar-refractivity contribution < 1.29 is 9.21 Å². The van der Waals surface area contributed by atoms with Crippen LogP contribution in [0.2, 0.25) is 0 Å². The molecule has 3 heterocycles. The molecule has 1 fully saturated rings. The van der Waals surface area contributed by atoms with E-state index in [0.717, 1.165) is 54.8 Å². The molecule has 2 aromatic carbocycles. The second-order valence-corrected chi connectivity index (χ2v) is 7.65. The van der Waals surface area contributed by atoms with Gasteiger partial charge in [0.05, 0.1) is 0 Å². The van der Waals surface area contributed by atoms with Crippen molar-refractivity contribution in [3.8, 4) is 11.4 Å². The molecule has 1 aliphatic rings. The monoisotopic (exact) mass is 385 g/mol. The number of piperidine rings is 1. The van der Waals surface area contributed by atoms with Crippen molar-refractivity contribution >= 4 is 16.9 Å². The molecule has 4 aromatic rings. The van der Waals surface area contributed by atoms with E-state index in [0.29, 0.717) is 11.7 Å². The number of amides is 1. The molecule has 0 unspecified atom stereocenters. The predicted molar refractivity (Wildman–Crippen MR) is 113 cm³/mol. The Hall–Kier alpha value is -3.34. The zero-order valence-electron chi connectivity index (χ0n) is 16.2. The van der Waals surface area contributed by atoms with Gasteiger partial charge in [-0.15, -0.1) is 0 Å². The number of nitrogens with zero attached hydrogens (tertiary/aromatic N) is 3. The van der Waals surface area contributed by atoms with E-state index in [1.165, 1.54) is 0 Å². The van der Waals surface area contributed by atoms with Crippen LogP contribution in [0, 0.1) is 5.92 Å². The van der Waals surface area contributed by atoms with Gasteiger partial charge in [-0.1, -0.05) is 48.5 Å². The number of hydrogen-bond acceptors (Lipinski definition) is 3. The minimum absolute atomic E-state index is 0.00717. The number of carbonyl (C=O) groups excluding carboxylic acids is 1. The summed E-state index contributed by atoms with van der Waals surface area (Å²) < 4.78 is 7.99. The molecule has 0 atom stereocenters. The number of aromatic nitrogens is 2. The van der Waals surface area contributed by atoms with Gasteiger partial charge >= 0.3 is 0 Å². The van der Waals surface area contributed by atoms with Crippen molar-refractivity contribution in [1.29, 1.82) is 0 Å². The van der Waals surface area contributed by atoms with Crippen LogP contribution in [-0.2, 0) is 6.54 Å². The van der Waals surface area contributed by atoms with Crippen molar-refractivity contribution in [2.24, 2.45) is 5.92 Å². The maximum atomic E-state index is 12.8. The van der Waals surface area contributed by atoms with Gasteiger partial charge in [-0.3, -0.25) is 4.79 Å². The van der Waals surface area contributed by atoms with Crippen LogP contribution in [0.4, 0.5) is 0 Å². The van der Waals surface area contributed by atoms with Gasteiger partial charge in [-0.25, -0.2) is 4.98 Å². The van der Waals surface area contributed by atoms with Crippen LogP contribution in [0.15, 0.2) is 77.5 Å². The molecular weight excluding hydrogens is 362 g/mol. The SMILES string of the molecule is O=C(c1cc2ccccc2o1)N1CCC(Cn2ccnc2-c2ccccc2)CC1. The normalized spacial score (nSPS) is 15.1. The molecule has 0 saturated carbocycles. The summed E-state index contributed by atoms with van der Waals surface area (Å²) in [7, 11) is 0. The van der Waals surface area contributed by atoms with E-state index in [1.54, 1.807) is 0 Å². The number of hydrogen-bond donors (Lipinski definition) is 0. The Morgan fingerprint density at radius 2 is 1.79 bits per heavy atom. The average molecular weight is 385 g/mol. The van der Waals surface area contributed by atoms with E-state index < -0.39 is 0 Å². The molecule has 0 spiro atoms. The molecule has 1 aliphatic heterocycles. The quantitative estimate of drug-likeness (QED) is 0.505. The lowest BCUT2D eigenvalue weighted by Crippen LogP contribution is -2.39. The van der Waals surface area contributed by atoms with E-state index >= 15 is 0 Å². The van der Waals surface area contributed by atoms with Crippen LogP contribution in [0.3, 0.4) is 0 Å². The number of benzene rings is 2. The molecule has 1 amide bonds. The fraction of sp³-hybridized carbons (Fsp3) is 0.250. The third kappa shape index (κ3) is 3.56. The molecule has 1 saturated heterocycles. The minimum Gasteiger partial charge on any atom is -0.451 e. The van der Waals surface area contributed by atoms with Gasteiger partial charge in [0, 0.05) is 43.0 Å². The van der Waals surface area contributed by atoms with Crippen LogP contribution in [-0.4, -0.2) is 33.4 Å². The summed E-state index contributed by atoms with van der Waals surface area (Å²) in [6, 6.07) is 19.9. The molecule has 0 bridgehead atoms. The second kappa shape index (κ2) is 7.59. The Labute approximate surface area is 169 Å². The number of likely N-dealkylation sites (tertiary alicyclic amines) is 1. The van der Waals surface area contributed by atoms with Crippen molar-refractivity contribution in [3.63, 3.8) is 0 Å². The van der Waals surface area contributed by atoms with Crippen LogP contribution in [0.1, 0.15) is 23.4 Å². The molecule has 0 N–H and O–H groups in total. The van der Waals surface area contributed by atoms with Crippen molar-refractivity contribution in [2.45, 2.75) is 19.4 Å². The first-order valence-electron chi connectivity index (χ1n) is 10.1. The smallest absolute Gasteiger partial charge is 0.289 e. The average Bonchev–Trinajstić information content (AvgIpc) is 3.41. The minimum atomic E-state index is -0.00717. The maximum Gasteiger partial charge on any atom is 0.289 e. The van der Waals surface area contributed by atoms with E-state index in [-0.39, 0.29) is 5.91 Å². The van der Waals surface area contributed by atoms with Crippen molar-refractivity contribution in [1.82, 2.24) is 14.5 Å². The molecular formula is C24H23N3O2. The second-order valence-electron chi connectivity index (χ2n) is 7.65. The van der Waals surface area contributed by atoms with Gasteiger partial charge in [0.15, 0.2) is 5.76 Å². The Morgan fingerprint density at radius 1 is 1.03 bits per heavy atom. The molecule has 5 heteroatoms. The number of fused-ring (bicyclic) bond motifs is 1. The van der Waals surface area contributed by atoms with Crippen LogP contribution < -0.4 is 0 Å². The Kier molecular flexibility index (Phi) is 4.64. The molecule has 2 aromatic heterocycles. The van der Waals surface area contributed by atoms with Gasteiger partial charge < -0.3 is 13.9 Å². The van der Waals surface area contributed by atoms with Crippen molar-refractivity contribution in [2.75, 3.05) is 13.1 Å². The van der Waals surface area contributed by atoms with Crippen LogP contribution in [0.25, 0.3) is 22.4 Å². The fourth-order valence-electron chi connectivity index (χ4n) is 4.14. The first-order valence-corrected chi connectivity index (χ1v) is 10.1. The highest BCUT2D eigenvalue weighted by molar-refractivity contribution is 5.96. The molecule has 0 radical (unpaired) electrons. The standard InChI is InChI=1S/C24H23N3O2/c28-24(22-16-20-8-4-5-9-21(20)29-22)26-13-10-18(11-14-26)17-27-15-12-25-23(27)19-6-2-1-3-7-19/h1-9,12,15-16,18H,10-11,13-14,17H2. The zero-order valence-corrected chi connectivity index (χ0v) is 16.2. The summed E-state index contributed by atoms with van der Waals surface area (Å²) in [5.74, 6) is 1.97. The first-order chi connectivity index (χ1) is 14.3. The van der Waals surface area contributed by atoms with Crippen LogP contribution in [0.5, 0.6) is 0 Å². The molecule has 0 aliphatic carbocycles. The van der Waals surface area contributed by atoms with Gasteiger partial charge in [0.2, 0.25) is 0 Å². The van der Waals surface area contributed by atoms with Gasteiger partial charge in [0.1, 0.15) is 11.4 Å². The molecule has 146 valence electrons. The van der Waals surface area contributed by atoms with E-state index in [2.05, 4.69) is 21.7 Å². The number of para-hydroxylation sites is 1. The highest BCUT2D eigenvalue weighted by Crippen LogP contribution is 2.25. The molecule has 29 heavy (non-hydrogen) atoms. The highest BCUT2D eigenvalue weighted by Gasteiger charge is 2.26. The van der Waals surface area contributed by atoms with Crippen LogP contribution >= 0.6 is 0 Å². The summed E-state index contributed by atoms with van der Waals surface area (Å²) in [6.07, 6.45) is 5.88. The van der Waals surface area contributed by atoms with Gasteiger partial charge in [-0.05, 0) is 30.9 Å². The Bertz CT molecular complexity index is 1090. The molecule has 5 nitrogen and oxygen atoms in total. The zero-order chi connectivity index (χ0) is 19.6. The topological polar surface area (TPSA) is 51.3 Å². The van der Waals surface area contributed by atoms with E-state index in [4.69, 9.17) is 4.42 Å². The maximum absolute atomic E-state index is 12.8. The largest absolute Gasteiger partial charge is 0.451 e. The lowest BCUT2D eigenvalue weighted by molar-refractivity contribution is 0.0653. The summed E-state index contributed by atoms with van der Waals surface area (Å²) >= 11 is 0. The first kappa shape index (κ1) is 17.7. The van der Waals surface area contributed by atoms with Crippen molar-refractivity contribution in [3.05, 3.63) is 78.8 Å². The molecule has 5 rings (SSSR count). The summed E-state index contributed by atoms with van der Waals surface area (Å²) in [6.45, 7) is 2.45. The lowest BCUT2D eigenvalue weighted by atomic mass is 9.96. The third-order valence-electron chi connectivity index (χ3n) is 5.74. The fourth-order valence-corrected chi connectivity index (χ4v) is 4.14. The summed E-state index contributed by atoms with van der Waals surface area (Å²) in [4.78, 5) is 19.3. The summed E-state index contributed by atoms with van der Waals surface area (Å²) in [5.41, 5.74) is 1.90. The number of carbonyl (C=O) groups is 1. The van der Waals surface area contributed by atoms with E-state index in [1.807, 2.05) is 65.8 Å². The number of imidazole rings is 1.